The average Bonchev–Trinajstić information content (AvgIpc) is 2.96. The van der Waals surface area contributed by atoms with E-state index in [0.29, 0.717) is 5.69 Å². The Kier molecular flexibility index (Phi) is 4.14. The number of halogens is 1. The highest BCUT2D eigenvalue weighted by molar-refractivity contribution is 5.51. The van der Waals surface area contributed by atoms with Crippen LogP contribution in [-0.2, 0) is 7.05 Å². The van der Waals surface area contributed by atoms with Gasteiger partial charge in [-0.1, -0.05) is 0 Å². The van der Waals surface area contributed by atoms with Gasteiger partial charge in [0.1, 0.15) is 0 Å². The highest BCUT2D eigenvalue weighted by Gasteiger charge is 2.22. The molecule has 1 atom stereocenters. The SMILES string of the molecule is Cn1cc(N2CCCC(Nc3ccc([N+](=O)[O-])cc3F)C2)cn1. The van der Waals surface area contributed by atoms with Crippen LogP contribution in [0.25, 0.3) is 0 Å². The lowest BCUT2D eigenvalue weighted by molar-refractivity contribution is -0.385. The van der Waals surface area contributed by atoms with Crippen LogP contribution in [0.2, 0.25) is 0 Å². The largest absolute Gasteiger partial charge is 0.378 e. The predicted molar refractivity (Wildman–Crippen MR) is 85.1 cm³/mol. The van der Waals surface area contributed by atoms with Gasteiger partial charge in [-0.15, -0.1) is 0 Å². The van der Waals surface area contributed by atoms with E-state index in [2.05, 4.69) is 15.3 Å². The van der Waals surface area contributed by atoms with Crippen LogP contribution >= 0.6 is 0 Å². The first-order valence-electron chi connectivity index (χ1n) is 7.47. The van der Waals surface area contributed by atoms with E-state index in [1.165, 1.54) is 12.1 Å². The minimum atomic E-state index is -0.600. The summed E-state index contributed by atoms with van der Waals surface area (Å²) in [6.45, 7) is 1.68. The van der Waals surface area contributed by atoms with Crippen LogP contribution in [0.15, 0.2) is 30.6 Å². The van der Waals surface area contributed by atoms with E-state index in [-0.39, 0.29) is 11.7 Å². The van der Waals surface area contributed by atoms with E-state index in [9.17, 15) is 14.5 Å². The van der Waals surface area contributed by atoms with Gasteiger partial charge in [0.2, 0.25) is 0 Å². The number of nitro benzene ring substituents is 1. The van der Waals surface area contributed by atoms with E-state index in [1.54, 1.807) is 4.68 Å². The lowest BCUT2D eigenvalue weighted by Gasteiger charge is -2.34. The van der Waals surface area contributed by atoms with E-state index >= 15 is 0 Å². The summed E-state index contributed by atoms with van der Waals surface area (Å²) >= 11 is 0. The van der Waals surface area contributed by atoms with Crippen molar-refractivity contribution in [3.63, 3.8) is 0 Å². The molecule has 1 unspecified atom stereocenters. The number of rotatable bonds is 4. The molecule has 0 radical (unpaired) electrons. The standard InChI is InChI=1S/C15H18FN5O2/c1-19-10-13(8-17-19)20-6-2-3-11(9-20)18-15-5-4-12(21(22)23)7-14(15)16/h4-5,7-8,10-11,18H,2-3,6,9H2,1H3. The Hall–Kier alpha value is -2.64. The number of hydrogen-bond donors (Lipinski definition) is 1. The van der Waals surface area contributed by atoms with Crippen molar-refractivity contribution in [1.82, 2.24) is 9.78 Å². The summed E-state index contributed by atoms with van der Waals surface area (Å²) < 4.78 is 15.7. The van der Waals surface area contributed by atoms with Crippen molar-refractivity contribution < 1.29 is 9.31 Å². The van der Waals surface area contributed by atoms with Crippen LogP contribution in [0.3, 0.4) is 0 Å². The van der Waals surface area contributed by atoms with Crippen LogP contribution in [-0.4, -0.2) is 33.8 Å². The van der Waals surface area contributed by atoms with Crippen LogP contribution in [0.1, 0.15) is 12.8 Å². The summed E-state index contributed by atoms with van der Waals surface area (Å²) in [6, 6.07) is 3.77. The molecule has 0 spiro atoms. The number of nitrogens with zero attached hydrogens (tertiary/aromatic N) is 4. The fraction of sp³-hybridized carbons (Fsp3) is 0.400. The summed E-state index contributed by atoms with van der Waals surface area (Å²) in [4.78, 5) is 12.3. The third-order valence-electron chi connectivity index (χ3n) is 4.00. The molecule has 0 amide bonds. The molecule has 1 aliphatic heterocycles. The lowest BCUT2D eigenvalue weighted by Crippen LogP contribution is -2.42. The molecule has 23 heavy (non-hydrogen) atoms. The topological polar surface area (TPSA) is 76.2 Å². The molecule has 0 saturated carbocycles. The van der Waals surface area contributed by atoms with Crippen LogP contribution in [0, 0.1) is 15.9 Å². The fourth-order valence-corrected chi connectivity index (χ4v) is 2.86. The van der Waals surface area contributed by atoms with Gasteiger partial charge in [-0.25, -0.2) is 4.39 Å². The molecule has 1 aromatic carbocycles. The minimum Gasteiger partial charge on any atom is -0.378 e. The van der Waals surface area contributed by atoms with Crippen LogP contribution in [0.4, 0.5) is 21.5 Å². The summed E-state index contributed by atoms with van der Waals surface area (Å²) in [6.07, 6.45) is 5.68. The zero-order valence-corrected chi connectivity index (χ0v) is 12.8. The molecule has 2 heterocycles. The molecule has 0 bridgehead atoms. The molecule has 1 fully saturated rings. The number of benzene rings is 1. The number of anilines is 2. The molecule has 3 rings (SSSR count). The van der Waals surface area contributed by atoms with Gasteiger partial charge in [0.15, 0.2) is 5.82 Å². The van der Waals surface area contributed by atoms with E-state index in [1.807, 2.05) is 19.4 Å². The molecule has 7 nitrogen and oxygen atoms in total. The van der Waals surface area contributed by atoms with Crippen LogP contribution in [0.5, 0.6) is 0 Å². The van der Waals surface area contributed by atoms with Crippen molar-refractivity contribution >= 4 is 17.1 Å². The normalized spacial score (nSPS) is 18.0. The summed E-state index contributed by atoms with van der Waals surface area (Å²) in [5, 5.41) is 18.0. The molecule has 1 N–H and O–H groups in total. The number of nitrogens with one attached hydrogen (secondary N) is 1. The second-order valence-corrected chi connectivity index (χ2v) is 5.72. The number of nitro groups is 1. The molecule has 8 heteroatoms. The highest BCUT2D eigenvalue weighted by atomic mass is 19.1. The van der Waals surface area contributed by atoms with Gasteiger partial charge in [0.05, 0.1) is 28.6 Å². The number of aryl methyl sites for hydroxylation is 1. The van der Waals surface area contributed by atoms with Gasteiger partial charge < -0.3 is 10.2 Å². The number of hydrogen-bond acceptors (Lipinski definition) is 5. The van der Waals surface area contributed by atoms with E-state index in [4.69, 9.17) is 0 Å². The van der Waals surface area contributed by atoms with Crippen molar-refractivity contribution in [2.45, 2.75) is 18.9 Å². The van der Waals surface area contributed by atoms with E-state index < -0.39 is 10.7 Å². The van der Waals surface area contributed by atoms with Gasteiger partial charge in [-0.05, 0) is 18.9 Å². The molecular formula is C15H18FN5O2. The third-order valence-corrected chi connectivity index (χ3v) is 4.00. The van der Waals surface area contributed by atoms with Gasteiger partial charge in [0, 0.05) is 38.4 Å². The van der Waals surface area contributed by atoms with Crippen molar-refractivity contribution in [3.05, 3.63) is 46.5 Å². The maximum absolute atomic E-state index is 14.0. The Morgan fingerprint density at radius 2 is 2.30 bits per heavy atom. The van der Waals surface area contributed by atoms with Crippen molar-refractivity contribution in [2.24, 2.45) is 7.05 Å². The number of aromatic nitrogens is 2. The fourth-order valence-electron chi connectivity index (χ4n) is 2.86. The molecular weight excluding hydrogens is 301 g/mol. The number of non-ortho nitro benzene ring substituents is 1. The molecule has 1 aromatic heterocycles. The first-order valence-corrected chi connectivity index (χ1v) is 7.47. The Bertz CT molecular complexity index is 718. The smallest absolute Gasteiger partial charge is 0.272 e. The molecule has 1 aliphatic rings. The summed E-state index contributed by atoms with van der Waals surface area (Å²) in [5.41, 5.74) is 1.10. The minimum absolute atomic E-state index is 0.0833. The quantitative estimate of drug-likeness (QED) is 0.692. The maximum atomic E-state index is 14.0. The van der Waals surface area contributed by atoms with Gasteiger partial charge in [-0.2, -0.15) is 5.10 Å². The second-order valence-electron chi connectivity index (χ2n) is 5.72. The lowest BCUT2D eigenvalue weighted by atomic mass is 10.0. The van der Waals surface area contributed by atoms with Crippen molar-refractivity contribution in [1.29, 1.82) is 0 Å². The Morgan fingerprint density at radius 1 is 1.48 bits per heavy atom. The third kappa shape index (κ3) is 3.41. The Balaban J connectivity index is 1.69. The van der Waals surface area contributed by atoms with Gasteiger partial charge >= 0.3 is 0 Å². The van der Waals surface area contributed by atoms with Crippen molar-refractivity contribution in [2.75, 3.05) is 23.3 Å². The molecule has 122 valence electrons. The highest BCUT2D eigenvalue weighted by Crippen LogP contribution is 2.25. The first kappa shape index (κ1) is 15.3. The van der Waals surface area contributed by atoms with Gasteiger partial charge in [0.25, 0.3) is 5.69 Å². The maximum Gasteiger partial charge on any atom is 0.272 e. The van der Waals surface area contributed by atoms with Gasteiger partial charge in [-0.3, -0.25) is 14.8 Å². The van der Waals surface area contributed by atoms with Crippen LogP contribution < -0.4 is 10.2 Å². The molecule has 1 saturated heterocycles. The Morgan fingerprint density at radius 3 is 2.96 bits per heavy atom. The monoisotopic (exact) mass is 319 g/mol. The zero-order valence-electron chi connectivity index (χ0n) is 12.8. The molecule has 0 aliphatic carbocycles. The van der Waals surface area contributed by atoms with E-state index in [0.717, 1.165) is 37.7 Å². The Labute approximate surface area is 132 Å². The second kappa shape index (κ2) is 6.23. The zero-order chi connectivity index (χ0) is 16.4. The molecule has 2 aromatic rings. The summed E-state index contributed by atoms with van der Waals surface area (Å²) in [7, 11) is 1.87. The summed E-state index contributed by atoms with van der Waals surface area (Å²) in [5.74, 6) is -0.599. The van der Waals surface area contributed by atoms with Crippen molar-refractivity contribution in [3.8, 4) is 0 Å². The predicted octanol–water partition coefficient (Wildman–Crippen LogP) is 2.55. The number of piperidine rings is 1. The average molecular weight is 319 g/mol. The first-order chi connectivity index (χ1) is 11.0.